The molecule has 3 N–H and O–H groups in total. The summed E-state index contributed by atoms with van der Waals surface area (Å²) in [5.74, 6) is -0.170. The molecule has 5 heteroatoms. The second-order valence-electron chi connectivity index (χ2n) is 11.1. The highest BCUT2D eigenvalue weighted by Crippen LogP contribution is 2.32. The monoisotopic (exact) mass is 528 g/mol. The van der Waals surface area contributed by atoms with Gasteiger partial charge in [-0.1, -0.05) is 49.2 Å². The zero-order chi connectivity index (χ0) is 27.6. The van der Waals surface area contributed by atoms with Crippen LogP contribution in [0.15, 0.2) is 71.2 Å². The van der Waals surface area contributed by atoms with Crippen molar-refractivity contribution in [1.29, 1.82) is 0 Å². The lowest BCUT2D eigenvalue weighted by molar-refractivity contribution is 0.569. The highest BCUT2D eigenvalue weighted by Gasteiger charge is 2.16. The summed E-state index contributed by atoms with van der Waals surface area (Å²) >= 11 is 0. The molecular formula is C34H45FN4. The van der Waals surface area contributed by atoms with E-state index in [2.05, 4.69) is 84.5 Å². The molecule has 39 heavy (non-hydrogen) atoms. The van der Waals surface area contributed by atoms with Gasteiger partial charge >= 0.3 is 0 Å². The summed E-state index contributed by atoms with van der Waals surface area (Å²) in [5.41, 5.74) is 11.7. The fourth-order valence-electron chi connectivity index (χ4n) is 5.51. The molecule has 1 saturated heterocycles. The van der Waals surface area contributed by atoms with E-state index in [4.69, 9.17) is 5.73 Å². The van der Waals surface area contributed by atoms with Crippen LogP contribution in [0.4, 0.5) is 15.8 Å². The number of rotatable bonds is 12. The first kappa shape index (κ1) is 28.8. The van der Waals surface area contributed by atoms with Gasteiger partial charge in [0.05, 0.1) is 0 Å². The summed E-state index contributed by atoms with van der Waals surface area (Å²) in [6.45, 7) is 9.21. The third-order valence-corrected chi connectivity index (χ3v) is 7.73. The average molecular weight is 529 g/mol. The van der Waals surface area contributed by atoms with Gasteiger partial charge in [0.25, 0.3) is 0 Å². The molecule has 3 aromatic rings. The number of allylic oxidation sites excluding steroid dienone is 2. The smallest absolute Gasteiger partial charge is 0.125 e. The lowest BCUT2D eigenvalue weighted by atomic mass is 9.97. The Kier molecular flexibility index (Phi) is 10.5. The highest BCUT2D eigenvalue weighted by molar-refractivity contribution is 5.96. The zero-order valence-electron chi connectivity index (χ0n) is 23.9. The van der Waals surface area contributed by atoms with Crippen molar-refractivity contribution in [2.24, 2.45) is 10.7 Å². The van der Waals surface area contributed by atoms with Crippen molar-refractivity contribution in [2.75, 3.05) is 29.9 Å². The Labute approximate surface area is 234 Å². The Morgan fingerprint density at radius 2 is 1.82 bits per heavy atom. The van der Waals surface area contributed by atoms with Crippen molar-refractivity contribution in [3.63, 3.8) is 0 Å². The Bertz CT molecular complexity index is 1280. The summed E-state index contributed by atoms with van der Waals surface area (Å²) in [6.07, 6.45) is 11.6. The molecule has 1 aliphatic rings. The Balaban J connectivity index is 1.47. The van der Waals surface area contributed by atoms with Gasteiger partial charge in [0.2, 0.25) is 0 Å². The third kappa shape index (κ3) is 8.15. The number of aliphatic imine (C=N–C) groups is 1. The van der Waals surface area contributed by atoms with Crippen molar-refractivity contribution in [3.8, 4) is 0 Å². The van der Waals surface area contributed by atoms with E-state index < -0.39 is 0 Å². The molecule has 0 amide bonds. The number of nitrogens with two attached hydrogens (primary N) is 1. The minimum absolute atomic E-state index is 0.0261. The van der Waals surface area contributed by atoms with Crippen LogP contribution in [0, 0.1) is 5.82 Å². The van der Waals surface area contributed by atoms with Crippen LogP contribution in [-0.4, -0.2) is 31.9 Å². The van der Waals surface area contributed by atoms with Crippen LogP contribution in [0.3, 0.4) is 0 Å². The molecule has 2 unspecified atom stereocenters. The number of halogens is 1. The fourth-order valence-corrected chi connectivity index (χ4v) is 5.51. The standard InChI is InChI=1S/C34H45FN4/c1-4-10-30(36)16-18-37-17-15-25(2)21-27-13-14-34(33-12-7-6-11-32(27)33)38-26(3)28-22-29(35)24-31(23-28)39-19-8-5-9-20-39/h6-7,11-15,17,22-24,26,30,38H,4-5,8-10,16,18-21,36H2,1-3H3/b25-15+,37-17?. The van der Waals surface area contributed by atoms with Gasteiger partial charge in [0.1, 0.15) is 5.82 Å². The molecule has 4 nitrogen and oxygen atoms in total. The average Bonchev–Trinajstić information content (AvgIpc) is 2.94. The largest absolute Gasteiger partial charge is 0.378 e. The molecular weight excluding hydrogens is 483 g/mol. The number of benzene rings is 3. The van der Waals surface area contributed by atoms with Gasteiger partial charge in [0.15, 0.2) is 0 Å². The van der Waals surface area contributed by atoms with E-state index in [0.717, 1.165) is 62.3 Å². The van der Waals surface area contributed by atoms with Crippen LogP contribution < -0.4 is 16.0 Å². The maximum Gasteiger partial charge on any atom is 0.125 e. The number of hydrogen-bond donors (Lipinski definition) is 2. The molecule has 0 saturated carbocycles. The number of nitrogens with one attached hydrogen (secondary N) is 1. The molecule has 1 aliphatic heterocycles. The lowest BCUT2D eigenvalue weighted by Crippen LogP contribution is -2.29. The molecule has 0 aliphatic carbocycles. The topological polar surface area (TPSA) is 53.6 Å². The van der Waals surface area contributed by atoms with Crippen LogP contribution >= 0.6 is 0 Å². The predicted octanol–water partition coefficient (Wildman–Crippen LogP) is 8.22. The Hall–Kier alpha value is -3.18. The summed E-state index contributed by atoms with van der Waals surface area (Å²) < 4.78 is 14.6. The molecule has 1 fully saturated rings. The Morgan fingerprint density at radius 3 is 2.59 bits per heavy atom. The first-order valence-electron chi connectivity index (χ1n) is 14.7. The molecule has 0 bridgehead atoms. The molecule has 1 heterocycles. The second-order valence-corrected chi connectivity index (χ2v) is 11.1. The molecule has 0 aromatic heterocycles. The lowest BCUT2D eigenvalue weighted by Gasteiger charge is -2.30. The van der Waals surface area contributed by atoms with Crippen LogP contribution in [0.25, 0.3) is 10.8 Å². The molecule has 3 aromatic carbocycles. The minimum Gasteiger partial charge on any atom is -0.378 e. The van der Waals surface area contributed by atoms with E-state index in [1.807, 2.05) is 6.21 Å². The maximum atomic E-state index is 14.6. The number of hydrogen-bond acceptors (Lipinski definition) is 4. The van der Waals surface area contributed by atoms with Gasteiger partial charge in [-0.2, -0.15) is 0 Å². The van der Waals surface area contributed by atoms with E-state index in [1.54, 1.807) is 12.1 Å². The molecule has 0 spiro atoms. The predicted molar refractivity (Wildman–Crippen MR) is 167 cm³/mol. The SMILES string of the molecule is CCCC(N)CCN=C/C=C(\C)Cc1ccc(NC(C)c2cc(F)cc(N3CCCCC3)c2)c2ccccc12. The van der Waals surface area contributed by atoms with Crippen LogP contribution in [-0.2, 0) is 6.42 Å². The van der Waals surface area contributed by atoms with E-state index in [9.17, 15) is 4.39 Å². The van der Waals surface area contributed by atoms with Crippen molar-refractivity contribution < 1.29 is 4.39 Å². The van der Waals surface area contributed by atoms with Gasteiger partial charge in [-0.05, 0) is 99.2 Å². The van der Waals surface area contributed by atoms with E-state index >= 15 is 0 Å². The van der Waals surface area contributed by atoms with E-state index in [1.165, 1.54) is 41.2 Å². The normalized spacial score (nSPS) is 16.1. The summed E-state index contributed by atoms with van der Waals surface area (Å²) in [7, 11) is 0. The van der Waals surface area contributed by atoms with Crippen LogP contribution in [0.2, 0.25) is 0 Å². The minimum atomic E-state index is -0.170. The van der Waals surface area contributed by atoms with Gasteiger partial charge in [0, 0.05) is 54.7 Å². The zero-order valence-corrected chi connectivity index (χ0v) is 23.9. The molecule has 4 rings (SSSR count). The second kappa shape index (κ2) is 14.3. The van der Waals surface area contributed by atoms with E-state index in [0.29, 0.717) is 0 Å². The van der Waals surface area contributed by atoms with Crippen LogP contribution in [0.5, 0.6) is 0 Å². The van der Waals surface area contributed by atoms with Crippen molar-refractivity contribution in [1.82, 2.24) is 0 Å². The third-order valence-electron chi connectivity index (χ3n) is 7.73. The van der Waals surface area contributed by atoms with Gasteiger partial charge in [-0.25, -0.2) is 4.39 Å². The quantitative estimate of drug-likeness (QED) is 0.233. The number of nitrogens with zero attached hydrogens (tertiary/aromatic N) is 2. The van der Waals surface area contributed by atoms with Gasteiger partial charge < -0.3 is 16.0 Å². The summed E-state index contributed by atoms with van der Waals surface area (Å²) in [5, 5.41) is 6.09. The van der Waals surface area contributed by atoms with E-state index in [-0.39, 0.29) is 17.9 Å². The van der Waals surface area contributed by atoms with Crippen molar-refractivity contribution >= 4 is 28.4 Å². The number of piperidine rings is 1. The Morgan fingerprint density at radius 1 is 1.05 bits per heavy atom. The summed E-state index contributed by atoms with van der Waals surface area (Å²) in [6, 6.07) is 18.6. The molecule has 2 atom stereocenters. The van der Waals surface area contributed by atoms with Crippen molar-refractivity contribution in [2.45, 2.75) is 77.8 Å². The van der Waals surface area contributed by atoms with Crippen LogP contribution in [0.1, 0.15) is 76.5 Å². The summed E-state index contributed by atoms with van der Waals surface area (Å²) in [4.78, 5) is 6.85. The first-order valence-corrected chi connectivity index (χ1v) is 14.7. The maximum absolute atomic E-state index is 14.6. The molecule has 208 valence electrons. The number of fused-ring (bicyclic) bond motifs is 1. The van der Waals surface area contributed by atoms with Gasteiger partial charge in [-0.15, -0.1) is 0 Å². The highest BCUT2D eigenvalue weighted by atomic mass is 19.1. The molecule has 0 radical (unpaired) electrons. The number of anilines is 2. The first-order chi connectivity index (χ1) is 18.9. The fraction of sp³-hybridized carbons (Fsp3) is 0.441. The van der Waals surface area contributed by atoms with Crippen molar-refractivity contribution in [3.05, 3.63) is 83.2 Å². The van der Waals surface area contributed by atoms with Gasteiger partial charge in [-0.3, -0.25) is 4.99 Å².